The second-order valence-corrected chi connectivity index (χ2v) is 6.83. The minimum atomic E-state index is -0.0560. The summed E-state index contributed by atoms with van der Waals surface area (Å²) >= 11 is 0. The molecule has 3 heteroatoms. The fourth-order valence-electron chi connectivity index (χ4n) is 4.62. The number of ether oxygens (including phenoxy) is 1. The Labute approximate surface area is 108 Å². The maximum atomic E-state index is 12.0. The molecule has 2 aliphatic carbocycles. The Bertz CT molecular complexity index is 403. The van der Waals surface area contributed by atoms with Gasteiger partial charge >= 0.3 is 5.97 Å². The summed E-state index contributed by atoms with van der Waals surface area (Å²) in [7, 11) is 0. The second-order valence-electron chi connectivity index (χ2n) is 6.83. The van der Waals surface area contributed by atoms with Crippen LogP contribution in [0.3, 0.4) is 0 Å². The molecule has 3 aliphatic rings. The first-order chi connectivity index (χ1) is 8.44. The van der Waals surface area contributed by atoms with Gasteiger partial charge in [0.05, 0.1) is 5.92 Å². The lowest BCUT2D eigenvalue weighted by atomic mass is 9.53. The molecule has 0 N–H and O–H groups in total. The highest BCUT2D eigenvalue weighted by Crippen LogP contribution is 2.56. The molecule has 100 valence electrons. The molecule has 0 spiro atoms. The highest BCUT2D eigenvalue weighted by Gasteiger charge is 2.58. The molecule has 18 heavy (non-hydrogen) atoms. The third kappa shape index (κ3) is 1.49. The highest BCUT2D eigenvalue weighted by atomic mass is 16.6. The van der Waals surface area contributed by atoms with Crippen molar-refractivity contribution in [2.24, 2.45) is 29.1 Å². The molecule has 3 rings (SSSR count). The zero-order chi connectivity index (χ0) is 13.1. The summed E-state index contributed by atoms with van der Waals surface area (Å²) in [5, 5.41) is 0. The third-order valence-electron chi connectivity index (χ3n) is 5.88. The first kappa shape index (κ1) is 12.2. The van der Waals surface area contributed by atoms with Gasteiger partial charge in [-0.3, -0.25) is 9.59 Å². The van der Waals surface area contributed by atoms with E-state index in [-0.39, 0.29) is 35.2 Å². The Hall–Kier alpha value is -0.860. The predicted molar refractivity (Wildman–Crippen MR) is 66.8 cm³/mol. The average molecular weight is 250 g/mol. The summed E-state index contributed by atoms with van der Waals surface area (Å²) in [6.45, 7) is 6.29. The van der Waals surface area contributed by atoms with Crippen molar-refractivity contribution in [3.8, 4) is 0 Å². The Morgan fingerprint density at radius 2 is 1.89 bits per heavy atom. The van der Waals surface area contributed by atoms with Crippen molar-refractivity contribution in [1.29, 1.82) is 0 Å². The molecule has 1 aliphatic heterocycles. The smallest absolute Gasteiger partial charge is 0.309 e. The number of ketones is 1. The van der Waals surface area contributed by atoms with E-state index in [1.807, 2.05) is 13.8 Å². The van der Waals surface area contributed by atoms with Crippen molar-refractivity contribution < 1.29 is 14.3 Å². The topological polar surface area (TPSA) is 43.4 Å². The van der Waals surface area contributed by atoms with Crippen LogP contribution in [0.4, 0.5) is 0 Å². The summed E-state index contributed by atoms with van der Waals surface area (Å²) in [6.07, 6.45) is 3.87. The second kappa shape index (κ2) is 3.82. The van der Waals surface area contributed by atoms with E-state index in [9.17, 15) is 9.59 Å². The van der Waals surface area contributed by atoms with Crippen LogP contribution < -0.4 is 0 Å². The van der Waals surface area contributed by atoms with E-state index in [4.69, 9.17) is 4.74 Å². The van der Waals surface area contributed by atoms with Gasteiger partial charge in [-0.1, -0.05) is 20.8 Å². The summed E-state index contributed by atoms with van der Waals surface area (Å²) in [5.41, 5.74) is 0.193. The van der Waals surface area contributed by atoms with Crippen molar-refractivity contribution in [2.75, 3.05) is 0 Å². The minimum Gasteiger partial charge on any atom is -0.461 e. The number of carbonyl (C=O) groups is 2. The molecule has 1 heterocycles. The highest BCUT2D eigenvalue weighted by molar-refractivity contribution is 5.82. The van der Waals surface area contributed by atoms with Crippen LogP contribution >= 0.6 is 0 Å². The number of hydrogen-bond donors (Lipinski definition) is 0. The molecular weight excluding hydrogens is 228 g/mol. The quantitative estimate of drug-likeness (QED) is 0.621. The molecule has 0 bridgehead atoms. The molecule has 0 amide bonds. The van der Waals surface area contributed by atoms with E-state index in [1.54, 1.807) is 0 Å². The summed E-state index contributed by atoms with van der Waals surface area (Å²) < 4.78 is 5.64. The number of esters is 1. The average Bonchev–Trinajstić information content (AvgIpc) is 2.60. The van der Waals surface area contributed by atoms with Crippen LogP contribution in [0.5, 0.6) is 0 Å². The van der Waals surface area contributed by atoms with Gasteiger partial charge in [0.25, 0.3) is 0 Å². The fraction of sp³-hybridized carbons (Fsp3) is 0.867. The first-order valence-electron chi connectivity index (χ1n) is 7.17. The largest absolute Gasteiger partial charge is 0.461 e. The molecule has 0 unspecified atom stereocenters. The zero-order valence-corrected chi connectivity index (χ0v) is 11.4. The van der Waals surface area contributed by atoms with Crippen LogP contribution in [0.2, 0.25) is 0 Å². The van der Waals surface area contributed by atoms with Crippen molar-refractivity contribution in [3.63, 3.8) is 0 Å². The number of hydrogen-bond acceptors (Lipinski definition) is 3. The van der Waals surface area contributed by atoms with E-state index in [0.717, 1.165) is 19.3 Å². The Kier molecular flexibility index (Phi) is 2.58. The van der Waals surface area contributed by atoms with Gasteiger partial charge in [-0.2, -0.15) is 0 Å². The van der Waals surface area contributed by atoms with E-state index < -0.39 is 0 Å². The first-order valence-corrected chi connectivity index (χ1v) is 7.17. The van der Waals surface area contributed by atoms with Gasteiger partial charge in [-0.15, -0.1) is 0 Å². The van der Waals surface area contributed by atoms with Gasteiger partial charge in [0.15, 0.2) is 0 Å². The van der Waals surface area contributed by atoms with Crippen molar-refractivity contribution in [2.45, 2.75) is 52.6 Å². The number of fused-ring (bicyclic) bond motifs is 3. The minimum absolute atomic E-state index is 0.00880. The lowest BCUT2D eigenvalue weighted by molar-refractivity contribution is -0.158. The van der Waals surface area contributed by atoms with Crippen LogP contribution in [0.25, 0.3) is 0 Å². The summed E-state index contributed by atoms with van der Waals surface area (Å²) in [5.74, 6) is 0.946. The molecule has 0 aromatic rings. The molecule has 1 saturated heterocycles. The van der Waals surface area contributed by atoms with Gasteiger partial charge < -0.3 is 4.74 Å². The standard InChI is InChI=1S/C15H22O3/c1-8-10-4-6-15(3)7-5-11(16)9(2)12(15)13(10)18-14(8)17/h8-10,12-13H,4-7H2,1-3H3/t8-,9+,10+,12+,13-,15+/m1/s1. The monoisotopic (exact) mass is 250 g/mol. The van der Waals surface area contributed by atoms with Crippen LogP contribution in [-0.2, 0) is 14.3 Å². The maximum Gasteiger partial charge on any atom is 0.309 e. The molecule has 0 aromatic heterocycles. The molecule has 3 nitrogen and oxygen atoms in total. The molecule has 3 fully saturated rings. The van der Waals surface area contributed by atoms with Crippen LogP contribution in [-0.4, -0.2) is 17.9 Å². The number of carbonyl (C=O) groups excluding carboxylic acids is 2. The SMILES string of the molecule is C[C@H]1C(=O)O[C@@H]2[C@H]1CC[C@@]1(C)CCC(=O)[C@H](C)[C@@H]21. The van der Waals surface area contributed by atoms with E-state index in [0.29, 0.717) is 18.1 Å². The lowest BCUT2D eigenvalue weighted by Crippen LogP contribution is -2.52. The van der Waals surface area contributed by atoms with Gasteiger partial charge in [0, 0.05) is 24.2 Å². The number of Topliss-reactive ketones (excluding diaryl/α,β-unsaturated/α-hetero) is 1. The molecule has 2 saturated carbocycles. The van der Waals surface area contributed by atoms with Gasteiger partial charge in [0.1, 0.15) is 11.9 Å². The van der Waals surface area contributed by atoms with Crippen molar-refractivity contribution in [3.05, 3.63) is 0 Å². The van der Waals surface area contributed by atoms with Gasteiger partial charge in [0.2, 0.25) is 0 Å². The molecule has 0 aromatic carbocycles. The Morgan fingerprint density at radius 3 is 2.61 bits per heavy atom. The van der Waals surface area contributed by atoms with Crippen molar-refractivity contribution in [1.82, 2.24) is 0 Å². The summed E-state index contributed by atoms with van der Waals surface area (Å²) in [4.78, 5) is 23.8. The predicted octanol–water partition coefficient (Wildman–Crippen LogP) is 2.58. The third-order valence-corrected chi connectivity index (χ3v) is 5.88. The van der Waals surface area contributed by atoms with Gasteiger partial charge in [-0.25, -0.2) is 0 Å². The van der Waals surface area contributed by atoms with E-state index >= 15 is 0 Å². The normalized spacial score (nSPS) is 51.6. The Balaban J connectivity index is 1.96. The van der Waals surface area contributed by atoms with Crippen LogP contribution in [0, 0.1) is 29.1 Å². The van der Waals surface area contributed by atoms with Crippen LogP contribution in [0.1, 0.15) is 46.5 Å². The lowest BCUT2D eigenvalue weighted by Gasteiger charge is -2.51. The number of rotatable bonds is 0. The van der Waals surface area contributed by atoms with E-state index in [1.165, 1.54) is 0 Å². The zero-order valence-electron chi connectivity index (χ0n) is 11.4. The molecule has 0 radical (unpaired) electrons. The molecular formula is C15H22O3. The Morgan fingerprint density at radius 1 is 1.17 bits per heavy atom. The van der Waals surface area contributed by atoms with Gasteiger partial charge in [-0.05, 0) is 24.7 Å². The fourth-order valence-corrected chi connectivity index (χ4v) is 4.62. The van der Waals surface area contributed by atoms with Crippen molar-refractivity contribution >= 4 is 11.8 Å². The summed E-state index contributed by atoms with van der Waals surface area (Å²) in [6, 6.07) is 0. The maximum absolute atomic E-state index is 12.0. The molecule has 6 atom stereocenters. The van der Waals surface area contributed by atoms with Crippen LogP contribution in [0.15, 0.2) is 0 Å². The van der Waals surface area contributed by atoms with E-state index in [2.05, 4.69) is 6.92 Å².